The Morgan fingerprint density at radius 2 is 1.75 bits per heavy atom. The van der Waals surface area contributed by atoms with Crippen LogP contribution < -0.4 is 0 Å². The van der Waals surface area contributed by atoms with Gasteiger partial charge in [0.25, 0.3) is 0 Å². The Kier molecular flexibility index (Phi) is 5.96. The molecule has 1 saturated heterocycles. The molecule has 32 heavy (non-hydrogen) atoms. The molecule has 3 aromatic rings. The summed E-state index contributed by atoms with van der Waals surface area (Å²) in [6.07, 6.45) is 2.87. The van der Waals surface area contributed by atoms with E-state index in [0.29, 0.717) is 35.5 Å². The van der Waals surface area contributed by atoms with E-state index in [-0.39, 0.29) is 17.5 Å². The number of hydrogen-bond acceptors (Lipinski definition) is 5. The molecular weight excluding hydrogens is 464 g/mol. The maximum absolute atomic E-state index is 12.1. The van der Waals surface area contributed by atoms with E-state index in [0.717, 1.165) is 29.8 Å². The smallest absolute Gasteiger partial charge is 0.199 e. The lowest BCUT2D eigenvalue weighted by Crippen LogP contribution is -2.39. The summed E-state index contributed by atoms with van der Waals surface area (Å²) in [7, 11) is -2.95. The maximum Gasteiger partial charge on any atom is 0.199 e. The quantitative estimate of drug-likeness (QED) is 0.461. The van der Waals surface area contributed by atoms with Crippen LogP contribution in [0.4, 0.5) is 0 Å². The van der Waals surface area contributed by atoms with Crippen LogP contribution in [0.5, 0.6) is 0 Å². The lowest BCUT2D eigenvalue weighted by Gasteiger charge is -2.27. The van der Waals surface area contributed by atoms with Crippen molar-refractivity contribution in [3.05, 3.63) is 70.0 Å². The fourth-order valence-electron chi connectivity index (χ4n) is 4.38. The summed E-state index contributed by atoms with van der Waals surface area (Å²) < 4.78 is 28.7. The number of benzene rings is 2. The van der Waals surface area contributed by atoms with Crippen molar-refractivity contribution in [1.82, 2.24) is 19.2 Å². The summed E-state index contributed by atoms with van der Waals surface area (Å²) in [4.78, 5) is 2.30. The van der Waals surface area contributed by atoms with Gasteiger partial charge in [-0.1, -0.05) is 41.9 Å². The molecular formula is C23H25ClN4O2S2. The third kappa shape index (κ3) is 4.69. The van der Waals surface area contributed by atoms with E-state index in [9.17, 15) is 8.42 Å². The number of hydrogen-bond donors (Lipinski definition) is 0. The zero-order valence-corrected chi connectivity index (χ0v) is 20.0. The molecule has 0 radical (unpaired) electrons. The highest BCUT2D eigenvalue weighted by molar-refractivity contribution is 7.91. The van der Waals surface area contributed by atoms with Crippen molar-refractivity contribution in [1.29, 1.82) is 0 Å². The van der Waals surface area contributed by atoms with Crippen molar-refractivity contribution in [2.24, 2.45) is 0 Å². The van der Waals surface area contributed by atoms with Gasteiger partial charge in [-0.05, 0) is 61.3 Å². The van der Waals surface area contributed by atoms with Crippen molar-refractivity contribution in [2.75, 3.05) is 11.5 Å². The molecule has 0 spiro atoms. The number of nitrogens with zero attached hydrogens (tertiary/aromatic N) is 4. The van der Waals surface area contributed by atoms with Gasteiger partial charge < -0.3 is 0 Å². The third-order valence-corrected chi connectivity index (χ3v) is 8.63. The summed E-state index contributed by atoms with van der Waals surface area (Å²) >= 11 is 12.0. The highest BCUT2D eigenvalue weighted by atomic mass is 35.5. The highest BCUT2D eigenvalue weighted by Gasteiger charge is 2.40. The monoisotopic (exact) mass is 488 g/mol. The molecule has 0 bridgehead atoms. The van der Waals surface area contributed by atoms with Crippen LogP contribution in [0.25, 0.3) is 11.4 Å². The highest BCUT2D eigenvalue weighted by Crippen LogP contribution is 2.33. The van der Waals surface area contributed by atoms with Gasteiger partial charge >= 0.3 is 0 Å². The van der Waals surface area contributed by atoms with Gasteiger partial charge in [-0.3, -0.25) is 9.47 Å². The molecule has 1 aliphatic heterocycles. The summed E-state index contributed by atoms with van der Waals surface area (Å²) in [6.45, 7) is 1.12. The van der Waals surface area contributed by atoms with Gasteiger partial charge in [0, 0.05) is 22.7 Å². The minimum absolute atomic E-state index is 0.0349. The predicted molar refractivity (Wildman–Crippen MR) is 129 cm³/mol. The second-order valence-corrected chi connectivity index (χ2v) is 11.7. The number of aromatic nitrogens is 3. The average molecular weight is 489 g/mol. The first kappa shape index (κ1) is 21.8. The molecule has 168 valence electrons. The Hall–Kier alpha value is -2.00. The van der Waals surface area contributed by atoms with Crippen LogP contribution in [-0.4, -0.2) is 51.3 Å². The Morgan fingerprint density at radius 1 is 1.03 bits per heavy atom. The van der Waals surface area contributed by atoms with Crippen molar-refractivity contribution in [3.63, 3.8) is 0 Å². The molecule has 2 aromatic carbocycles. The largest absolute Gasteiger partial charge is 0.295 e. The molecule has 0 amide bonds. The fraction of sp³-hybridized carbons (Fsp3) is 0.391. The van der Waals surface area contributed by atoms with E-state index >= 15 is 0 Å². The van der Waals surface area contributed by atoms with Crippen LogP contribution in [0.1, 0.15) is 24.8 Å². The molecule has 2 fully saturated rings. The second-order valence-electron chi connectivity index (χ2n) is 8.63. The van der Waals surface area contributed by atoms with E-state index in [1.165, 1.54) is 0 Å². The van der Waals surface area contributed by atoms with Crippen LogP contribution in [0.3, 0.4) is 0 Å². The van der Waals surface area contributed by atoms with Crippen LogP contribution in [0.2, 0.25) is 5.02 Å². The van der Waals surface area contributed by atoms with Gasteiger partial charge in [-0.2, -0.15) is 5.10 Å². The molecule has 9 heteroatoms. The molecule has 1 aliphatic carbocycles. The maximum atomic E-state index is 12.1. The topological polar surface area (TPSA) is 60.1 Å². The Morgan fingerprint density at radius 3 is 2.38 bits per heavy atom. The molecule has 1 saturated carbocycles. The van der Waals surface area contributed by atoms with Gasteiger partial charge in [-0.15, -0.1) is 0 Å². The van der Waals surface area contributed by atoms with Crippen LogP contribution >= 0.6 is 23.8 Å². The van der Waals surface area contributed by atoms with Crippen molar-refractivity contribution >= 4 is 33.7 Å². The first-order valence-electron chi connectivity index (χ1n) is 10.8. The summed E-state index contributed by atoms with van der Waals surface area (Å²) in [5.74, 6) is 1.28. The number of sulfone groups is 1. The molecule has 1 unspecified atom stereocenters. The van der Waals surface area contributed by atoms with Gasteiger partial charge in [0.15, 0.2) is 20.4 Å². The first-order valence-corrected chi connectivity index (χ1v) is 13.4. The average Bonchev–Trinajstić information content (AvgIpc) is 3.49. The molecule has 1 aromatic heterocycles. The van der Waals surface area contributed by atoms with Crippen LogP contribution in [0.15, 0.2) is 54.6 Å². The lowest BCUT2D eigenvalue weighted by molar-refractivity contribution is 0.145. The Labute approximate surface area is 198 Å². The summed E-state index contributed by atoms with van der Waals surface area (Å²) in [5.41, 5.74) is 2.08. The molecule has 5 rings (SSSR count). The zero-order chi connectivity index (χ0) is 22.3. The van der Waals surface area contributed by atoms with Crippen molar-refractivity contribution in [2.45, 2.75) is 44.6 Å². The van der Waals surface area contributed by atoms with Crippen molar-refractivity contribution < 1.29 is 8.42 Å². The SMILES string of the molecule is O=S1(=O)CCC(N(Cn2nc(-c3ccc(Cl)cc3)n(Cc3ccccc3)c2=S)C2CC2)C1. The van der Waals surface area contributed by atoms with E-state index in [4.69, 9.17) is 28.9 Å². The molecule has 1 atom stereocenters. The minimum Gasteiger partial charge on any atom is -0.295 e. The predicted octanol–water partition coefficient (Wildman–Crippen LogP) is 4.39. The Balaban J connectivity index is 1.51. The lowest BCUT2D eigenvalue weighted by atomic mass is 10.2. The summed E-state index contributed by atoms with van der Waals surface area (Å²) in [5, 5.41) is 5.57. The van der Waals surface area contributed by atoms with Gasteiger partial charge in [0.1, 0.15) is 0 Å². The second kappa shape index (κ2) is 8.74. The minimum atomic E-state index is -2.95. The number of rotatable bonds is 7. The van der Waals surface area contributed by atoms with Gasteiger partial charge in [-0.25, -0.2) is 13.1 Å². The van der Waals surface area contributed by atoms with Gasteiger partial charge in [0.2, 0.25) is 0 Å². The van der Waals surface area contributed by atoms with Crippen LogP contribution in [0, 0.1) is 4.77 Å². The van der Waals surface area contributed by atoms with E-state index < -0.39 is 9.84 Å². The van der Waals surface area contributed by atoms with Crippen LogP contribution in [-0.2, 0) is 23.1 Å². The first-order chi connectivity index (χ1) is 15.4. The third-order valence-electron chi connectivity index (χ3n) is 6.20. The van der Waals surface area contributed by atoms with E-state index in [1.54, 1.807) is 0 Å². The van der Waals surface area contributed by atoms with E-state index in [2.05, 4.69) is 17.0 Å². The van der Waals surface area contributed by atoms with Crippen molar-refractivity contribution in [3.8, 4) is 11.4 Å². The molecule has 2 heterocycles. The molecule has 6 nitrogen and oxygen atoms in total. The number of halogens is 1. The molecule has 0 N–H and O–H groups in total. The van der Waals surface area contributed by atoms with Gasteiger partial charge in [0.05, 0.1) is 24.7 Å². The molecule has 2 aliphatic rings. The zero-order valence-electron chi connectivity index (χ0n) is 17.6. The van der Waals surface area contributed by atoms with E-state index in [1.807, 2.05) is 51.7 Å². The standard InChI is InChI=1S/C23H25ClN4O2S2/c24-19-8-6-18(7-9-19)22-25-28(23(31)26(22)14-17-4-2-1-3-5-17)16-27(20-10-11-20)21-12-13-32(29,30)15-21/h1-9,20-21H,10-16H2. The summed E-state index contributed by atoms with van der Waals surface area (Å²) in [6, 6.07) is 18.2. The Bertz CT molecular complexity index is 1270. The normalized spacial score (nSPS) is 20.1. The fourth-order valence-corrected chi connectivity index (χ4v) is 6.50.